The van der Waals surface area contributed by atoms with Crippen LogP contribution in [0.25, 0.3) is 0 Å². The van der Waals surface area contributed by atoms with E-state index in [9.17, 15) is 13.6 Å². The number of primary amides is 1. The van der Waals surface area contributed by atoms with E-state index >= 15 is 0 Å². The molecular formula is C18H21F2N5O2. The van der Waals surface area contributed by atoms with Gasteiger partial charge in [0.2, 0.25) is 5.91 Å². The van der Waals surface area contributed by atoms with Crippen LogP contribution >= 0.6 is 0 Å². The summed E-state index contributed by atoms with van der Waals surface area (Å²) in [4.78, 5) is 13.4. The minimum atomic E-state index is -0.674. The number of hydrogen-bond donors (Lipinski definition) is 2. The van der Waals surface area contributed by atoms with Crippen molar-refractivity contribution in [2.24, 2.45) is 11.5 Å². The molecule has 7 nitrogen and oxygen atoms in total. The SMILES string of the molecule is NC(=O)Cn1ncc2c1CN([C@H]1CO[C@H](c3cc(F)ccc3F)[C@@H](N)C1)C2. The highest BCUT2D eigenvalue weighted by Gasteiger charge is 2.37. The topological polar surface area (TPSA) is 99.4 Å². The van der Waals surface area contributed by atoms with Gasteiger partial charge in [-0.25, -0.2) is 8.78 Å². The second-order valence-electron chi connectivity index (χ2n) is 7.12. The summed E-state index contributed by atoms with van der Waals surface area (Å²) in [6.07, 6.45) is 1.66. The molecule has 4 N–H and O–H groups in total. The third-order valence-electron chi connectivity index (χ3n) is 5.25. The summed E-state index contributed by atoms with van der Waals surface area (Å²) in [6, 6.07) is 2.90. The Morgan fingerprint density at radius 2 is 2.15 bits per heavy atom. The smallest absolute Gasteiger partial charge is 0.239 e. The summed E-state index contributed by atoms with van der Waals surface area (Å²) in [7, 11) is 0. The van der Waals surface area contributed by atoms with E-state index < -0.39 is 29.7 Å². The van der Waals surface area contributed by atoms with E-state index in [1.54, 1.807) is 10.9 Å². The number of benzene rings is 1. The normalized spacial score (nSPS) is 25.5. The zero-order valence-corrected chi connectivity index (χ0v) is 14.6. The van der Waals surface area contributed by atoms with Crippen molar-refractivity contribution >= 4 is 5.91 Å². The lowest BCUT2D eigenvalue weighted by molar-refractivity contribution is -0.118. The number of aromatic nitrogens is 2. The van der Waals surface area contributed by atoms with Gasteiger partial charge < -0.3 is 16.2 Å². The summed E-state index contributed by atoms with van der Waals surface area (Å²) in [5.41, 5.74) is 13.7. The molecule has 1 fully saturated rings. The number of halogens is 2. The lowest BCUT2D eigenvalue weighted by atomic mass is 9.93. The minimum Gasteiger partial charge on any atom is -0.370 e. The van der Waals surface area contributed by atoms with Crippen LogP contribution in [0.1, 0.15) is 29.3 Å². The second-order valence-corrected chi connectivity index (χ2v) is 7.12. The molecule has 2 aromatic rings. The van der Waals surface area contributed by atoms with Gasteiger partial charge in [-0.05, 0) is 24.6 Å². The Balaban J connectivity index is 1.44. The fourth-order valence-corrected chi connectivity index (χ4v) is 3.93. The van der Waals surface area contributed by atoms with Crippen LogP contribution in [0.3, 0.4) is 0 Å². The average molecular weight is 377 g/mol. The monoisotopic (exact) mass is 377 g/mol. The van der Waals surface area contributed by atoms with Gasteiger partial charge in [0.1, 0.15) is 24.3 Å². The van der Waals surface area contributed by atoms with Gasteiger partial charge in [-0.1, -0.05) is 0 Å². The Bertz CT molecular complexity index is 871. The molecule has 4 rings (SSSR count). The molecule has 27 heavy (non-hydrogen) atoms. The Labute approximate surface area is 154 Å². The predicted octanol–water partition coefficient (Wildman–Crippen LogP) is 0.820. The van der Waals surface area contributed by atoms with Crippen LogP contribution in [-0.4, -0.2) is 39.3 Å². The maximum atomic E-state index is 14.1. The highest BCUT2D eigenvalue weighted by molar-refractivity contribution is 5.73. The molecule has 0 aliphatic carbocycles. The lowest BCUT2D eigenvalue weighted by Gasteiger charge is -2.38. The van der Waals surface area contributed by atoms with E-state index in [4.69, 9.17) is 16.2 Å². The molecule has 1 amide bonds. The fourth-order valence-electron chi connectivity index (χ4n) is 3.93. The maximum Gasteiger partial charge on any atom is 0.239 e. The van der Waals surface area contributed by atoms with Gasteiger partial charge in [0.15, 0.2) is 0 Å². The van der Waals surface area contributed by atoms with Crippen molar-refractivity contribution in [3.63, 3.8) is 0 Å². The molecule has 2 aliphatic rings. The molecule has 1 saturated heterocycles. The molecule has 2 aliphatic heterocycles. The highest BCUT2D eigenvalue weighted by Crippen LogP contribution is 2.34. The first-order valence-electron chi connectivity index (χ1n) is 8.80. The third-order valence-corrected chi connectivity index (χ3v) is 5.25. The third kappa shape index (κ3) is 3.45. The Hall–Kier alpha value is -2.36. The zero-order chi connectivity index (χ0) is 19.1. The van der Waals surface area contributed by atoms with Crippen LogP contribution < -0.4 is 11.5 Å². The van der Waals surface area contributed by atoms with Gasteiger partial charge in [-0.15, -0.1) is 0 Å². The van der Waals surface area contributed by atoms with Gasteiger partial charge in [0, 0.05) is 36.3 Å². The molecule has 1 aromatic heterocycles. The summed E-state index contributed by atoms with van der Waals surface area (Å²) in [5, 5.41) is 4.20. The summed E-state index contributed by atoms with van der Waals surface area (Å²) >= 11 is 0. The quantitative estimate of drug-likeness (QED) is 0.822. The number of fused-ring (bicyclic) bond motifs is 1. The van der Waals surface area contributed by atoms with Crippen molar-refractivity contribution < 1.29 is 18.3 Å². The van der Waals surface area contributed by atoms with Crippen molar-refractivity contribution in [2.45, 2.75) is 44.2 Å². The average Bonchev–Trinajstić information content (AvgIpc) is 3.19. The van der Waals surface area contributed by atoms with Crippen molar-refractivity contribution in [1.29, 1.82) is 0 Å². The Kier molecular flexibility index (Phi) is 4.67. The van der Waals surface area contributed by atoms with E-state index in [-0.39, 0.29) is 18.2 Å². The molecule has 9 heteroatoms. The summed E-state index contributed by atoms with van der Waals surface area (Å²) in [6.45, 7) is 1.70. The number of rotatable bonds is 4. The number of hydrogen-bond acceptors (Lipinski definition) is 5. The molecule has 1 aromatic carbocycles. The Morgan fingerprint density at radius 1 is 1.33 bits per heavy atom. The van der Waals surface area contributed by atoms with E-state index in [0.29, 0.717) is 26.1 Å². The van der Waals surface area contributed by atoms with Crippen LogP contribution in [0, 0.1) is 11.6 Å². The van der Waals surface area contributed by atoms with Crippen molar-refractivity contribution in [2.75, 3.05) is 6.61 Å². The van der Waals surface area contributed by atoms with Crippen molar-refractivity contribution in [3.8, 4) is 0 Å². The summed E-state index contributed by atoms with van der Waals surface area (Å²) < 4.78 is 35.0. The molecule has 0 spiro atoms. The van der Waals surface area contributed by atoms with Crippen molar-refractivity contribution in [1.82, 2.24) is 14.7 Å². The minimum absolute atomic E-state index is 0.0438. The predicted molar refractivity (Wildman–Crippen MR) is 92.1 cm³/mol. The number of amides is 1. The summed E-state index contributed by atoms with van der Waals surface area (Å²) in [5.74, 6) is -1.48. The zero-order valence-electron chi connectivity index (χ0n) is 14.6. The number of ether oxygens (including phenoxy) is 1. The number of nitrogens with two attached hydrogens (primary N) is 2. The maximum absolute atomic E-state index is 14.1. The van der Waals surface area contributed by atoms with Crippen LogP contribution in [0.15, 0.2) is 24.4 Å². The van der Waals surface area contributed by atoms with Crippen LogP contribution in [0.5, 0.6) is 0 Å². The van der Waals surface area contributed by atoms with E-state index in [1.165, 1.54) is 0 Å². The molecule has 3 atom stereocenters. The van der Waals surface area contributed by atoms with E-state index in [2.05, 4.69) is 10.00 Å². The first-order valence-corrected chi connectivity index (χ1v) is 8.80. The molecule has 0 unspecified atom stereocenters. The van der Waals surface area contributed by atoms with Crippen LogP contribution in [0.4, 0.5) is 8.78 Å². The van der Waals surface area contributed by atoms with Crippen LogP contribution in [-0.2, 0) is 29.2 Å². The van der Waals surface area contributed by atoms with Gasteiger partial charge in [-0.2, -0.15) is 5.10 Å². The number of carbonyl (C=O) groups is 1. The van der Waals surface area contributed by atoms with Gasteiger partial charge in [0.05, 0.1) is 18.5 Å². The van der Waals surface area contributed by atoms with E-state index in [1.807, 2.05) is 0 Å². The van der Waals surface area contributed by atoms with Crippen molar-refractivity contribution in [3.05, 3.63) is 52.9 Å². The lowest BCUT2D eigenvalue weighted by Crippen LogP contribution is -2.47. The van der Waals surface area contributed by atoms with Gasteiger partial charge in [0.25, 0.3) is 0 Å². The number of carbonyl (C=O) groups excluding carboxylic acids is 1. The van der Waals surface area contributed by atoms with Gasteiger partial charge in [-0.3, -0.25) is 14.4 Å². The first kappa shape index (κ1) is 18.0. The molecule has 144 valence electrons. The molecule has 3 heterocycles. The highest BCUT2D eigenvalue weighted by atomic mass is 19.1. The number of nitrogens with zero attached hydrogens (tertiary/aromatic N) is 3. The first-order chi connectivity index (χ1) is 12.9. The standard InChI is InChI=1S/C18H21F2N5O2/c19-11-1-2-14(20)13(3-11)18-15(21)4-12(9-27-18)24-6-10-5-23-25(8-17(22)26)16(10)7-24/h1-3,5,12,15,18H,4,6-9,21H2,(H2,22,26)/t12-,15+,18-/m1/s1. The van der Waals surface area contributed by atoms with E-state index in [0.717, 1.165) is 29.5 Å². The fraction of sp³-hybridized carbons (Fsp3) is 0.444. The molecule has 0 saturated carbocycles. The van der Waals surface area contributed by atoms with Gasteiger partial charge >= 0.3 is 0 Å². The van der Waals surface area contributed by atoms with Crippen LogP contribution in [0.2, 0.25) is 0 Å². The largest absolute Gasteiger partial charge is 0.370 e. The molecule has 0 radical (unpaired) electrons. The molecule has 0 bridgehead atoms. The Morgan fingerprint density at radius 3 is 2.89 bits per heavy atom. The molecular weight excluding hydrogens is 356 g/mol. The second kappa shape index (κ2) is 6.99.